The van der Waals surface area contributed by atoms with Crippen LogP contribution in [-0.4, -0.2) is 52.9 Å². The van der Waals surface area contributed by atoms with Crippen LogP contribution < -0.4 is 4.90 Å². The second-order valence-electron chi connectivity index (χ2n) is 8.89. The Morgan fingerprint density at radius 2 is 2.09 bits per heavy atom. The minimum atomic E-state index is -1.40. The highest BCUT2D eigenvalue weighted by atomic mass is 79.9. The number of pyridine rings is 1. The molecule has 180 valence electrons. The molecule has 8 heteroatoms. The van der Waals surface area contributed by atoms with Crippen molar-refractivity contribution < 1.29 is 19.4 Å². The van der Waals surface area contributed by atoms with Crippen LogP contribution in [0.25, 0.3) is 16.9 Å². The van der Waals surface area contributed by atoms with Crippen molar-refractivity contribution in [3.8, 4) is 11.3 Å². The van der Waals surface area contributed by atoms with Crippen LogP contribution in [0, 0.1) is 6.92 Å². The number of aryl methyl sites for hydroxylation is 1. The Kier molecular flexibility index (Phi) is 7.12. The predicted octanol–water partition coefficient (Wildman–Crippen LogP) is 4.84. The first-order valence-electron chi connectivity index (χ1n) is 11.3. The van der Waals surface area contributed by atoms with E-state index in [4.69, 9.17) is 14.5 Å². The molecular weight excluding hydrogens is 498 g/mol. The van der Waals surface area contributed by atoms with Gasteiger partial charge in [0.25, 0.3) is 0 Å². The SMILES string of the molecule is C=CCOC1(C)CCN(c2c([C@H](O)C(=O)OC)c(C)cc3nc(-c4cccc(Br)c4)cn23)CC1. The predicted molar refractivity (Wildman–Crippen MR) is 136 cm³/mol. The van der Waals surface area contributed by atoms with Crippen LogP contribution in [0.1, 0.15) is 37.0 Å². The molecule has 1 N–H and O–H groups in total. The number of methoxy groups -OCH3 is 1. The van der Waals surface area contributed by atoms with Gasteiger partial charge in [-0.15, -0.1) is 6.58 Å². The average Bonchev–Trinajstić information content (AvgIpc) is 3.25. The number of rotatable bonds is 7. The Bertz CT molecular complexity index is 1210. The number of esters is 1. The number of piperidine rings is 1. The quantitative estimate of drug-likeness (QED) is 0.350. The molecule has 34 heavy (non-hydrogen) atoms. The zero-order chi connectivity index (χ0) is 24.5. The number of aromatic nitrogens is 2. The monoisotopic (exact) mass is 527 g/mol. The first-order chi connectivity index (χ1) is 16.3. The van der Waals surface area contributed by atoms with Crippen LogP contribution in [0.4, 0.5) is 5.82 Å². The fraction of sp³-hybridized carbons (Fsp3) is 0.385. The van der Waals surface area contributed by atoms with Crippen molar-refractivity contribution in [2.24, 2.45) is 0 Å². The lowest BCUT2D eigenvalue weighted by molar-refractivity contribution is -0.150. The number of carbonyl (C=O) groups excluding carboxylic acids is 1. The lowest BCUT2D eigenvalue weighted by Gasteiger charge is -2.41. The summed E-state index contributed by atoms with van der Waals surface area (Å²) >= 11 is 3.53. The Labute approximate surface area is 208 Å². The van der Waals surface area contributed by atoms with Crippen molar-refractivity contribution in [1.29, 1.82) is 0 Å². The third kappa shape index (κ3) is 4.76. The van der Waals surface area contributed by atoms with E-state index in [-0.39, 0.29) is 5.60 Å². The van der Waals surface area contributed by atoms with Crippen molar-refractivity contribution in [2.45, 2.75) is 38.4 Å². The number of halogens is 1. The normalized spacial score (nSPS) is 16.4. The lowest BCUT2D eigenvalue weighted by Crippen LogP contribution is -2.45. The van der Waals surface area contributed by atoms with Gasteiger partial charge in [0.2, 0.25) is 0 Å². The van der Waals surface area contributed by atoms with Crippen molar-refractivity contribution >= 4 is 33.4 Å². The number of aliphatic hydroxyl groups is 1. The van der Waals surface area contributed by atoms with E-state index in [1.54, 1.807) is 6.08 Å². The summed E-state index contributed by atoms with van der Waals surface area (Å²) in [5, 5.41) is 10.9. The van der Waals surface area contributed by atoms with Crippen LogP contribution in [0.3, 0.4) is 0 Å². The number of imidazole rings is 1. The van der Waals surface area contributed by atoms with Gasteiger partial charge in [-0.25, -0.2) is 9.78 Å². The summed E-state index contributed by atoms with van der Waals surface area (Å²) < 4.78 is 13.8. The number of anilines is 1. The molecule has 7 nitrogen and oxygen atoms in total. The summed E-state index contributed by atoms with van der Waals surface area (Å²) in [5.41, 5.74) is 3.60. The Hall–Kier alpha value is -2.68. The highest BCUT2D eigenvalue weighted by Gasteiger charge is 2.35. The molecule has 1 saturated heterocycles. The van der Waals surface area contributed by atoms with Crippen LogP contribution >= 0.6 is 15.9 Å². The van der Waals surface area contributed by atoms with Gasteiger partial charge in [0.05, 0.1) is 25.0 Å². The maximum atomic E-state index is 12.4. The fourth-order valence-corrected chi connectivity index (χ4v) is 4.92. The summed E-state index contributed by atoms with van der Waals surface area (Å²) in [5.74, 6) is 0.0691. The first-order valence-corrected chi connectivity index (χ1v) is 12.1. The second-order valence-corrected chi connectivity index (χ2v) is 9.81. The third-order valence-corrected chi connectivity index (χ3v) is 6.95. The minimum Gasteiger partial charge on any atom is -0.467 e. The molecule has 0 saturated carbocycles. The molecule has 1 atom stereocenters. The molecule has 1 aliphatic heterocycles. The summed E-state index contributed by atoms with van der Waals surface area (Å²) in [6.45, 7) is 9.68. The molecule has 0 amide bonds. The molecule has 1 aliphatic rings. The molecule has 3 aromatic rings. The van der Waals surface area contributed by atoms with Crippen LogP contribution in [-0.2, 0) is 14.3 Å². The van der Waals surface area contributed by atoms with Crippen molar-refractivity contribution in [3.63, 3.8) is 0 Å². The maximum Gasteiger partial charge on any atom is 0.339 e. The Balaban J connectivity index is 1.82. The summed E-state index contributed by atoms with van der Waals surface area (Å²) in [4.78, 5) is 19.4. The molecule has 0 bridgehead atoms. The Morgan fingerprint density at radius 1 is 1.35 bits per heavy atom. The number of aliphatic hydroxyl groups excluding tert-OH is 1. The van der Waals surface area contributed by atoms with Gasteiger partial charge in [0.1, 0.15) is 11.5 Å². The molecule has 0 radical (unpaired) electrons. The van der Waals surface area contributed by atoms with E-state index in [9.17, 15) is 9.90 Å². The zero-order valence-electron chi connectivity index (χ0n) is 19.8. The van der Waals surface area contributed by atoms with Crippen LogP contribution in [0.5, 0.6) is 0 Å². The number of fused-ring (bicyclic) bond motifs is 1. The molecule has 4 rings (SSSR count). The van der Waals surface area contributed by atoms with E-state index >= 15 is 0 Å². The van der Waals surface area contributed by atoms with Gasteiger partial charge in [0.15, 0.2) is 6.10 Å². The largest absolute Gasteiger partial charge is 0.467 e. The Morgan fingerprint density at radius 3 is 2.74 bits per heavy atom. The fourth-order valence-electron chi connectivity index (χ4n) is 4.52. The molecule has 2 aromatic heterocycles. The number of hydrogen-bond acceptors (Lipinski definition) is 6. The molecule has 3 heterocycles. The highest BCUT2D eigenvalue weighted by molar-refractivity contribution is 9.10. The van der Waals surface area contributed by atoms with Crippen molar-refractivity contribution in [2.75, 3.05) is 31.7 Å². The van der Waals surface area contributed by atoms with E-state index in [1.165, 1.54) is 7.11 Å². The van der Waals surface area contributed by atoms with Gasteiger partial charge in [-0.2, -0.15) is 0 Å². The average molecular weight is 528 g/mol. The van der Waals surface area contributed by atoms with E-state index in [0.717, 1.165) is 45.6 Å². The number of ether oxygens (including phenoxy) is 2. The van der Waals surface area contributed by atoms with Gasteiger partial charge >= 0.3 is 5.97 Å². The number of hydrogen-bond donors (Lipinski definition) is 1. The molecular formula is C26H30BrN3O4. The van der Waals surface area contributed by atoms with Gasteiger partial charge in [0, 0.05) is 34.9 Å². The van der Waals surface area contributed by atoms with Gasteiger partial charge < -0.3 is 19.5 Å². The molecule has 0 aliphatic carbocycles. The van der Waals surface area contributed by atoms with Crippen LogP contribution in [0.2, 0.25) is 0 Å². The molecule has 0 unspecified atom stereocenters. The van der Waals surface area contributed by atoms with Crippen LogP contribution in [0.15, 0.2) is 53.7 Å². The van der Waals surface area contributed by atoms with E-state index in [2.05, 4.69) is 34.3 Å². The molecule has 1 fully saturated rings. The molecule has 0 spiro atoms. The van der Waals surface area contributed by atoms with Gasteiger partial charge in [-0.3, -0.25) is 4.40 Å². The maximum absolute atomic E-state index is 12.4. The topological polar surface area (TPSA) is 76.3 Å². The van der Waals surface area contributed by atoms with E-state index in [0.29, 0.717) is 25.3 Å². The lowest BCUT2D eigenvalue weighted by atomic mass is 9.92. The minimum absolute atomic E-state index is 0.245. The van der Waals surface area contributed by atoms with Gasteiger partial charge in [-0.05, 0) is 50.5 Å². The molecule has 1 aromatic carbocycles. The zero-order valence-corrected chi connectivity index (χ0v) is 21.3. The number of carbonyl (C=O) groups is 1. The third-order valence-electron chi connectivity index (χ3n) is 6.46. The van der Waals surface area contributed by atoms with E-state index < -0.39 is 12.1 Å². The summed E-state index contributed by atoms with van der Waals surface area (Å²) in [6.07, 6.45) is 3.93. The smallest absolute Gasteiger partial charge is 0.339 e. The first kappa shape index (κ1) is 24.4. The van der Waals surface area contributed by atoms with E-state index in [1.807, 2.05) is 47.9 Å². The van der Waals surface area contributed by atoms with Gasteiger partial charge in [-0.1, -0.05) is 34.1 Å². The summed E-state index contributed by atoms with van der Waals surface area (Å²) in [6, 6.07) is 9.86. The van der Waals surface area contributed by atoms with Crippen molar-refractivity contribution in [3.05, 3.63) is 64.8 Å². The highest BCUT2D eigenvalue weighted by Crippen LogP contribution is 2.37. The second kappa shape index (κ2) is 9.90. The standard InChI is InChI=1S/C26H30BrN3O4/c1-5-13-34-26(3)9-11-29(12-10-26)24-22(23(31)25(32)33-4)17(2)14-21-28-20(16-30(21)24)18-7-6-8-19(27)15-18/h5-8,14-16,23,31H,1,9-13H2,2-4H3/t23-/m0/s1. The van der Waals surface area contributed by atoms with Crippen molar-refractivity contribution in [1.82, 2.24) is 9.38 Å². The number of nitrogens with zero attached hydrogens (tertiary/aromatic N) is 3. The summed E-state index contributed by atoms with van der Waals surface area (Å²) in [7, 11) is 1.28. The number of benzene rings is 1.